The number of benzene rings is 3. The molecule has 8 heteroatoms. The van der Waals surface area contributed by atoms with Crippen molar-refractivity contribution in [3.05, 3.63) is 98.4 Å². The maximum absolute atomic E-state index is 12.2. The highest BCUT2D eigenvalue weighted by Crippen LogP contribution is 2.54. The van der Waals surface area contributed by atoms with Crippen LogP contribution in [0.5, 0.6) is 0 Å². The molecule has 0 aliphatic rings. The molecule has 38 heavy (non-hydrogen) atoms. The van der Waals surface area contributed by atoms with Crippen molar-refractivity contribution in [2.45, 2.75) is 0 Å². The minimum absolute atomic E-state index is 0. The average Bonchev–Trinajstić information content (AvgIpc) is 2.93. The Kier molecular flexibility index (Phi) is 12.9. The fraction of sp³-hybridized carbons (Fsp3) is 0.300. The third kappa shape index (κ3) is 8.38. The Morgan fingerprint density at radius 1 is 0.737 bits per heavy atom. The zero-order valence-corrected chi connectivity index (χ0v) is 23.6. The molecule has 3 aromatic carbocycles. The highest BCUT2D eigenvalue weighted by Gasteiger charge is 2.44. The van der Waals surface area contributed by atoms with Crippen molar-refractivity contribution in [1.82, 2.24) is 9.80 Å². The van der Waals surface area contributed by atoms with E-state index in [1.807, 2.05) is 0 Å². The lowest BCUT2D eigenvalue weighted by molar-refractivity contribution is -0.130. The number of nitrogens with zero attached hydrogens (tertiary/aromatic N) is 2. The van der Waals surface area contributed by atoms with Crippen LogP contribution in [-0.2, 0) is 14.3 Å². The van der Waals surface area contributed by atoms with Gasteiger partial charge < -0.3 is 32.4 Å². The van der Waals surface area contributed by atoms with Crippen molar-refractivity contribution in [3.63, 3.8) is 0 Å². The molecule has 7 nitrogen and oxygen atoms in total. The van der Waals surface area contributed by atoms with Gasteiger partial charge in [-0.05, 0) is 36.4 Å². The van der Waals surface area contributed by atoms with E-state index in [4.69, 9.17) is 20.6 Å². The van der Waals surface area contributed by atoms with Crippen LogP contribution in [0, 0.1) is 12.8 Å². The fourth-order valence-electron chi connectivity index (χ4n) is 4.14. The van der Waals surface area contributed by atoms with E-state index in [0.29, 0.717) is 33.0 Å². The van der Waals surface area contributed by atoms with Gasteiger partial charge in [0.1, 0.15) is 23.2 Å². The van der Waals surface area contributed by atoms with Crippen LogP contribution in [0.3, 0.4) is 0 Å². The van der Waals surface area contributed by atoms with Crippen molar-refractivity contribution >= 4 is 35.0 Å². The molecule has 0 heterocycles. The SMILES string of the molecule is CN(CC(=O)N(C)CCOCCOCC[P+](c1ccccc1)(c1ccccc1)c1ccccc1)C(=N)N.[CH3-]. The summed E-state index contributed by atoms with van der Waals surface area (Å²) in [6.45, 7) is 2.53. The Labute approximate surface area is 228 Å². The zero-order valence-electron chi connectivity index (χ0n) is 22.8. The van der Waals surface area contributed by atoms with Crippen LogP contribution in [0.25, 0.3) is 0 Å². The van der Waals surface area contributed by atoms with Crippen LogP contribution in [0.4, 0.5) is 0 Å². The first-order valence-corrected chi connectivity index (χ1v) is 14.4. The first kappa shape index (κ1) is 31.0. The second kappa shape index (κ2) is 15.9. The number of likely N-dealkylation sites (N-methyl/N-ethyl adjacent to an activating group) is 2. The Hall–Kier alpha value is -3.25. The smallest absolute Gasteiger partial charge is 0.242 e. The molecule has 0 fully saturated rings. The van der Waals surface area contributed by atoms with Gasteiger partial charge in [0.2, 0.25) is 5.91 Å². The predicted octanol–water partition coefficient (Wildman–Crippen LogP) is 2.75. The molecule has 1 amide bonds. The minimum Gasteiger partial charge on any atom is -0.377 e. The molecule has 0 aliphatic heterocycles. The van der Waals surface area contributed by atoms with Gasteiger partial charge in [0.15, 0.2) is 5.96 Å². The minimum atomic E-state index is -1.90. The van der Waals surface area contributed by atoms with Gasteiger partial charge in [-0.15, -0.1) is 0 Å². The summed E-state index contributed by atoms with van der Waals surface area (Å²) in [5.41, 5.74) is 5.39. The molecule has 0 radical (unpaired) electrons. The van der Waals surface area contributed by atoms with Gasteiger partial charge in [0, 0.05) is 20.6 Å². The van der Waals surface area contributed by atoms with Gasteiger partial charge in [0.05, 0.1) is 39.1 Å². The predicted molar refractivity (Wildman–Crippen MR) is 160 cm³/mol. The molecule has 0 unspecified atom stereocenters. The highest BCUT2D eigenvalue weighted by atomic mass is 31.2. The van der Waals surface area contributed by atoms with Crippen LogP contribution in [0.2, 0.25) is 0 Å². The number of nitrogens with one attached hydrogen (secondary N) is 1. The molecule has 0 saturated heterocycles. The largest absolute Gasteiger partial charge is 0.377 e. The van der Waals surface area contributed by atoms with E-state index in [0.717, 1.165) is 6.16 Å². The molecular weight excluding hydrogens is 495 g/mol. The Bertz CT molecular complexity index is 1000. The van der Waals surface area contributed by atoms with E-state index in [-0.39, 0.29) is 25.8 Å². The van der Waals surface area contributed by atoms with Gasteiger partial charge in [-0.25, -0.2) is 0 Å². The molecule has 0 spiro atoms. The van der Waals surface area contributed by atoms with E-state index >= 15 is 0 Å². The van der Waals surface area contributed by atoms with Gasteiger partial charge in [0.25, 0.3) is 0 Å². The second-order valence-electron chi connectivity index (χ2n) is 8.82. The molecule has 0 bridgehead atoms. The van der Waals surface area contributed by atoms with Crippen molar-refractivity contribution in [2.75, 3.05) is 59.8 Å². The second-order valence-corrected chi connectivity index (χ2v) is 12.4. The number of hydrogen-bond donors (Lipinski definition) is 2. The Balaban J connectivity index is 0.00000507. The van der Waals surface area contributed by atoms with Crippen LogP contribution in [-0.4, -0.2) is 81.4 Å². The number of amides is 1. The zero-order chi connectivity index (χ0) is 26.5. The van der Waals surface area contributed by atoms with Crippen LogP contribution in [0.15, 0.2) is 91.0 Å². The van der Waals surface area contributed by atoms with Crippen LogP contribution in [0.1, 0.15) is 0 Å². The quantitative estimate of drug-likeness (QED) is 0.109. The number of guanidine groups is 1. The Morgan fingerprint density at radius 3 is 1.58 bits per heavy atom. The van der Waals surface area contributed by atoms with E-state index in [9.17, 15) is 4.79 Å². The lowest BCUT2D eigenvalue weighted by Crippen LogP contribution is -2.42. The topological polar surface area (TPSA) is 91.9 Å². The maximum Gasteiger partial charge on any atom is 0.242 e. The standard InChI is InChI=1S/C29H38N4O3P.CH3/c1-32(28(34)24-33(2)29(30)31)18-19-35-20-21-36-22-23-37(25-12-6-3-7-13-25,26-14-8-4-9-15-26)27-16-10-5-11-17-27;/h3-17H,18-24H2,1-2H3,(H3,30,31);1H3/q+1;-1. The third-order valence-corrected chi connectivity index (χ3v) is 10.7. The summed E-state index contributed by atoms with van der Waals surface area (Å²) in [6, 6.07) is 32.3. The van der Waals surface area contributed by atoms with E-state index in [1.54, 1.807) is 19.0 Å². The highest BCUT2D eigenvalue weighted by molar-refractivity contribution is 7.95. The van der Waals surface area contributed by atoms with Gasteiger partial charge in [-0.1, -0.05) is 54.6 Å². The van der Waals surface area contributed by atoms with Crippen molar-refractivity contribution in [1.29, 1.82) is 5.41 Å². The normalized spacial score (nSPS) is 10.9. The maximum atomic E-state index is 12.2. The Morgan fingerprint density at radius 2 is 1.16 bits per heavy atom. The summed E-state index contributed by atoms with van der Waals surface area (Å²) in [5, 5.41) is 11.4. The monoisotopic (exact) mass is 536 g/mol. The third-order valence-electron chi connectivity index (χ3n) is 6.31. The summed E-state index contributed by atoms with van der Waals surface area (Å²) in [5.74, 6) is -0.242. The summed E-state index contributed by atoms with van der Waals surface area (Å²) in [7, 11) is 1.44. The molecule has 3 aromatic rings. The summed E-state index contributed by atoms with van der Waals surface area (Å²) in [6.07, 6.45) is 0.895. The van der Waals surface area contributed by atoms with Gasteiger partial charge >= 0.3 is 0 Å². The molecule has 0 aromatic heterocycles. The van der Waals surface area contributed by atoms with Gasteiger partial charge in [-0.3, -0.25) is 10.2 Å². The number of carbonyl (C=O) groups is 1. The van der Waals surface area contributed by atoms with Gasteiger partial charge in [-0.2, -0.15) is 0 Å². The van der Waals surface area contributed by atoms with Crippen molar-refractivity contribution in [3.8, 4) is 0 Å². The first-order chi connectivity index (χ1) is 17.9. The first-order valence-electron chi connectivity index (χ1n) is 12.4. The summed E-state index contributed by atoms with van der Waals surface area (Å²) < 4.78 is 11.8. The molecule has 3 N–H and O–H groups in total. The number of rotatable bonds is 14. The average molecular weight is 537 g/mol. The van der Waals surface area contributed by atoms with E-state index in [1.165, 1.54) is 20.8 Å². The summed E-state index contributed by atoms with van der Waals surface area (Å²) >= 11 is 0. The number of nitrogens with two attached hydrogens (primary N) is 1. The number of carbonyl (C=O) groups excluding carboxylic acids is 1. The molecule has 0 saturated carbocycles. The van der Waals surface area contributed by atoms with E-state index in [2.05, 4.69) is 91.0 Å². The molecular formula is C30H41N4O3P. The van der Waals surface area contributed by atoms with Crippen molar-refractivity contribution < 1.29 is 14.3 Å². The molecule has 0 aliphatic carbocycles. The lowest BCUT2D eigenvalue weighted by atomic mass is 10.4. The number of ether oxygens (including phenoxy) is 2. The molecule has 204 valence electrons. The summed E-state index contributed by atoms with van der Waals surface area (Å²) in [4.78, 5) is 15.1. The fourth-order valence-corrected chi connectivity index (χ4v) is 8.26. The van der Waals surface area contributed by atoms with Crippen LogP contribution < -0.4 is 21.6 Å². The lowest BCUT2D eigenvalue weighted by Gasteiger charge is -2.27. The van der Waals surface area contributed by atoms with E-state index < -0.39 is 7.26 Å². The molecule has 0 atom stereocenters. The van der Waals surface area contributed by atoms with Crippen LogP contribution >= 0.6 is 7.26 Å². The molecule has 3 rings (SSSR count). The number of hydrogen-bond acceptors (Lipinski definition) is 4. The van der Waals surface area contributed by atoms with Crippen molar-refractivity contribution in [2.24, 2.45) is 5.73 Å².